The number of halogens is 1. The lowest BCUT2D eigenvalue weighted by atomic mass is 10.0. The molecule has 2 rings (SSSR count). The van der Waals surface area contributed by atoms with Crippen LogP contribution in [0.25, 0.3) is 0 Å². The molecule has 1 aliphatic heterocycles. The predicted molar refractivity (Wildman–Crippen MR) is 124 cm³/mol. The van der Waals surface area contributed by atoms with Crippen LogP contribution in [0.4, 0.5) is 0 Å². The van der Waals surface area contributed by atoms with Gasteiger partial charge in [0.15, 0.2) is 5.96 Å². The van der Waals surface area contributed by atoms with Crippen LogP contribution in [0.1, 0.15) is 56.6 Å². The number of aryl methyl sites for hydroxylation is 1. The number of nitrogens with zero attached hydrogens (tertiary/aromatic N) is 2. The minimum atomic E-state index is 0. The van der Waals surface area contributed by atoms with Crippen LogP contribution in [-0.2, 0) is 4.79 Å². The van der Waals surface area contributed by atoms with Crippen molar-refractivity contribution in [3.63, 3.8) is 0 Å². The molecule has 1 aliphatic rings. The number of aliphatic imine (C=N–C) groups is 1. The first kappa shape index (κ1) is 23.7. The quantitative estimate of drug-likeness (QED) is 0.335. The monoisotopic (exact) mass is 486 g/mol. The third-order valence-electron chi connectivity index (χ3n) is 5.24. The van der Waals surface area contributed by atoms with E-state index in [1.165, 1.54) is 11.1 Å². The van der Waals surface area contributed by atoms with E-state index in [4.69, 9.17) is 0 Å². The van der Waals surface area contributed by atoms with Crippen LogP contribution in [0.5, 0.6) is 0 Å². The van der Waals surface area contributed by atoms with Crippen LogP contribution in [0, 0.1) is 6.92 Å². The highest BCUT2D eigenvalue weighted by Gasteiger charge is 2.26. The Hall–Kier alpha value is -1.31. The van der Waals surface area contributed by atoms with Crippen molar-refractivity contribution >= 4 is 35.8 Å². The van der Waals surface area contributed by atoms with Crippen molar-refractivity contribution in [2.75, 3.05) is 26.7 Å². The number of rotatable bonds is 8. The van der Waals surface area contributed by atoms with E-state index in [0.717, 1.165) is 44.9 Å². The number of hydrogen-bond acceptors (Lipinski definition) is 2. The Balaban J connectivity index is 0.00000364. The van der Waals surface area contributed by atoms with Gasteiger partial charge in [0.05, 0.1) is 0 Å². The molecule has 1 fully saturated rings. The van der Waals surface area contributed by atoms with E-state index in [1.807, 2.05) is 0 Å². The summed E-state index contributed by atoms with van der Waals surface area (Å²) in [5, 5.41) is 6.80. The Kier molecular flexibility index (Phi) is 10.7. The maximum atomic E-state index is 11.9. The lowest BCUT2D eigenvalue weighted by molar-refractivity contribution is -0.129. The Morgan fingerprint density at radius 3 is 2.52 bits per heavy atom. The maximum absolute atomic E-state index is 11.9. The number of likely N-dealkylation sites (tertiary alicyclic amines) is 1. The highest BCUT2D eigenvalue weighted by molar-refractivity contribution is 14.0. The fourth-order valence-corrected chi connectivity index (χ4v) is 3.48. The lowest BCUT2D eigenvalue weighted by Crippen LogP contribution is -2.42. The number of carbonyl (C=O) groups excluding carboxylic acids is 1. The zero-order valence-electron chi connectivity index (χ0n) is 17.1. The fraction of sp³-hybridized carbons (Fsp3) is 0.619. The van der Waals surface area contributed by atoms with Crippen LogP contribution < -0.4 is 10.6 Å². The van der Waals surface area contributed by atoms with Gasteiger partial charge in [-0.1, -0.05) is 43.7 Å². The summed E-state index contributed by atoms with van der Waals surface area (Å²) >= 11 is 0. The molecule has 0 aromatic heterocycles. The smallest absolute Gasteiger partial charge is 0.222 e. The topological polar surface area (TPSA) is 56.7 Å². The number of carbonyl (C=O) groups is 1. The number of hydrogen-bond donors (Lipinski definition) is 2. The minimum Gasteiger partial charge on any atom is -0.356 e. The zero-order valence-corrected chi connectivity index (χ0v) is 19.5. The van der Waals surface area contributed by atoms with Gasteiger partial charge in [-0.2, -0.15) is 0 Å². The van der Waals surface area contributed by atoms with Gasteiger partial charge in [-0.25, -0.2) is 0 Å². The zero-order chi connectivity index (χ0) is 18.9. The standard InChI is InChI=1S/C21H34N4O.HI/c1-5-19(25-14-6-7-20(25)26)12-13-23-21(22-4)24-15-17(3)18-10-8-16(2)9-11-18;/h8-11,17,19H,5-7,12-15H2,1-4H3,(H2,22,23,24);1H. The molecule has 1 saturated heterocycles. The highest BCUT2D eigenvalue weighted by atomic mass is 127. The molecule has 0 bridgehead atoms. The van der Waals surface area contributed by atoms with Crippen molar-refractivity contribution in [2.45, 2.75) is 58.4 Å². The second-order valence-electron chi connectivity index (χ2n) is 7.23. The van der Waals surface area contributed by atoms with Gasteiger partial charge in [-0.3, -0.25) is 9.79 Å². The summed E-state index contributed by atoms with van der Waals surface area (Å²) in [5.41, 5.74) is 2.62. The molecule has 5 nitrogen and oxygen atoms in total. The van der Waals surface area contributed by atoms with E-state index in [9.17, 15) is 4.79 Å². The lowest BCUT2D eigenvalue weighted by Gasteiger charge is -2.27. The van der Waals surface area contributed by atoms with Crippen LogP contribution in [0.2, 0.25) is 0 Å². The summed E-state index contributed by atoms with van der Waals surface area (Å²) in [7, 11) is 1.80. The molecule has 0 spiro atoms. The van der Waals surface area contributed by atoms with Gasteiger partial charge < -0.3 is 15.5 Å². The van der Waals surface area contributed by atoms with Crippen LogP contribution in [0.3, 0.4) is 0 Å². The van der Waals surface area contributed by atoms with E-state index >= 15 is 0 Å². The van der Waals surface area contributed by atoms with Gasteiger partial charge in [0.25, 0.3) is 0 Å². The summed E-state index contributed by atoms with van der Waals surface area (Å²) in [5.74, 6) is 1.55. The molecule has 0 radical (unpaired) electrons. The average Bonchev–Trinajstić information content (AvgIpc) is 3.07. The fourth-order valence-electron chi connectivity index (χ4n) is 3.48. The van der Waals surface area contributed by atoms with Crippen molar-refractivity contribution in [3.05, 3.63) is 35.4 Å². The summed E-state index contributed by atoms with van der Waals surface area (Å²) in [6.07, 6.45) is 3.67. The van der Waals surface area contributed by atoms with E-state index in [2.05, 4.69) is 65.6 Å². The number of guanidine groups is 1. The first-order valence-corrected chi connectivity index (χ1v) is 9.85. The van der Waals surface area contributed by atoms with Crippen LogP contribution in [-0.4, -0.2) is 49.5 Å². The molecule has 2 atom stereocenters. The Morgan fingerprint density at radius 1 is 1.26 bits per heavy atom. The molecule has 1 amide bonds. The molecule has 6 heteroatoms. The predicted octanol–water partition coefficient (Wildman–Crippen LogP) is 3.67. The maximum Gasteiger partial charge on any atom is 0.222 e. The normalized spacial score (nSPS) is 16.7. The van der Waals surface area contributed by atoms with Gasteiger partial charge in [-0.15, -0.1) is 24.0 Å². The number of nitrogens with one attached hydrogen (secondary N) is 2. The average molecular weight is 486 g/mol. The second kappa shape index (κ2) is 12.2. The third-order valence-corrected chi connectivity index (χ3v) is 5.24. The van der Waals surface area contributed by atoms with E-state index in [-0.39, 0.29) is 24.0 Å². The summed E-state index contributed by atoms with van der Waals surface area (Å²) < 4.78 is 0. The molecular formula is C21H35IN4O. The molecule has 1 aromatic carbocycles. The summed E-state index contributed by atoms with van der Waals surface area (Å²) in [6.45, 7) is 9.06. The van der Waals surface area contributed by atoms with Crippen LogP contribution >= 0.6 is 24.0 Å². The first-order valence-electron chi connectivity index (χ1n) is 9.85. The number of benzene rings is 1. The molecule has 152 valence electrons. The van der Waals surface area contributed by atoms with E-state index in [1.54, 1.807) is 7.05 Å². The molecule has 27 heavy (non-hydrogen) atoms. The molecule has 0 saturated carbocycles. The van der Waals surface area contributed by atoms with E-state index < -0.39 is 0 Å². The van der Waals surface area contributed by atoms with Gasteiger partial charge in [0, 0.05) is 39.1 Å². The molecule has 0 aliphatic carbocycles. The Labute approximate surface area is 181 Å². The van der Waals surface area contributed by atoms with Gasteiger partial charge >= 0.3 is 0 Å². The molecule has 2 unspecified atom stereocenters. The van der Waals surface area contributed by atoms with Gasteiger partial charge in [0.2, 0.25) is 5.91 Å². The van der Waals surface area contributed by atoms with Gasteiger partial charge in [0.1, 0.15) is 0 Å². The van der Waals surface area contributed by atoms with Gasteiger partial charge in [-0.05, 0) is 37.7 Å². The van der Waals surface area contributed by atoms with Crippen molar-refractivity contribution in [1.82, 2.24) is 15.5 Å². The van der Waals surface area contributed by atoms with Crippen LogP contribution in [0.15, 0.2) is 29.3 Å². The third kappa shape index (κ3) is 7.31. The van der Waals surface area contributed by atoms with Crippen molar-refractivity contribution in [3.8, 4) is 0 Å². The van der Waals surface area contributed by atoms with Crippen molar-refractivity contribution in [1.29, 1.82) is 0 Å². The van der Waals surface area contributed by atoms with Crippen molar-refractivity contribution in [2.24, 2.45) is 4.99 Å². The molecule has 1 heterocycles. The highest BCUT2D eigenvalue weighted by Crippen LogP contribution is 2.18. The first-order chi connectivity index (χ1) is 12.5. The second-order valence-corrected chi connectivity index (χ2v) is 7.23. The van der Waals surface area contributed by atoms with Crippen molar-refractivity contribution < 1.29 is 4.79 Å². The molecule has 1 aromatic rings. The summed E-state index contributed by atoms with van der Waals surface area (Å²) in [6, 6.07) is 9.03. The minimum absolute atomic E-state index is 0. The Morgan fingerprint density at radius 2 is 1.96 bits per heavy atom. The summed E-state index contributed by atoms with van der Waals surface area (Å²) in [4.78, 5) is 18.3. The molecular weight excluding hydrogens is 451 g/mol. The largest absolute Gasteiger partial charge is 0.356 e. The Bertz CT molecular complexity index is 603. The number of amides is 1. The van der Waals surface area contributed by atoms with E-state index in [0.29, 0.717) is 24.3 Å². The molecule has 2 N–H and O–H groups in total. The SMILES string of the molecule is CCC(CCNC(=NC)NCC(C)c1ccc(C)cc1)N1CCCC1=O.I.